The number of nitrogens with zero attached hydrogens (tertiary/aromatic N) is 2. The van der Waals surface area contributed by atoms with Crippen molar-refractivity contribution >= 4 is 24.8 Å². The summed E-state index contributed by atoms with van der Waals surface area (Å²) in [6, 6.07) is 7.91. The van der Waals surface area contributed by atoms with Crippen LogP contribution in [0.1, 0.15) is 0 Å². The van der Waals surface area contributed by atoms with Crippen molar-refractivity contribution in [2.24, 2.45) is 9.98 Å². The van der Waals surface area contributed by atoms with Gasteiger partial charge in [0.25, 0.3) is 0 Å². The fraction of sp³-hybridized carbons (Fsp3) is 0.143. The summed E-state index contributed by atoms with van der Waals surface area (Å²) in [7, 11) is 0. The summed E-state index contributed by atoms with van der Waals surface area (Å²) >= 11 is 0. The molecule has 2 nitrogen and oxygen atoms in total. The molecule has 1 aromatic rings. The van der Waals surface area contributed by atoms with Crippen LogP contribution in [0.2, 0.25) is 0 Å². The van der Waals surface area contributed by atoms with Crippen molar-refractivity contribution in [3.05, 3.63) is 35.0 Å². The molecule has 0 bridgehead atoms. The van der Waals surface area contributed by atoms with Crippen LogP contribution < -0.4 is 10.7 Å². The Hall–Kier alpha value is -0.600. The van der Waals surface area contributed by atoms with E-state index in [-0.39, 0.29) is 24.8 Å². The molecule has 1 heterocycles. The van der Waals surface area contributed by atoms with Crippen LogP contribution in [0.4, 0.5) is 0 Å². The lowest BCUT2D eigenvalue weighted by molar-refractivity contribution is 1.06. The number of rotatable bonds is 0. The maximum atomic E-state index is 4.13. The number of hydrogen-bond acceptors (Lipinski definition) is 2. The molecule has 1 aliphatic rings. The van der Waals surface area contributed by atoms with Gasteiger partial charge in [0.1, 0.15) is 6.67 Å². The van der Waals surface area contributed by atoms with Gasteiger partial charge in [-0.3, -0.25) is 9.98 Å². The van der Waals surface area contributed by atoms with Crippen molar-refractivity contribution in [2.75, 3.05) is 6.67 Å². The molecule has 0 aliphatic carbocycles. The fourth-order valence-electron chi connectivity index (χ4n) is 0.919. The van der Waals surface area contributed by atoms with Crippen LogP contribution in [0.5, 0.6) is 0 Å². The second-order valence-electron chi connectivity index (χ2n) is 1.95. The molecule has 0 aromatic heterocycles. The molecular formula is C7H8Cl2N2. The number of benzene rings is 1. The Labute approximate surface area is 76.9 Å². The summed E-state index contributed by atoms with van der Waals surface area (Å²) in [6.45, 7) is 0.610. The van der Waals surface area contributed by atoms with Gasteiger partial charge in [-0.15, -0.1) is 24.8 Å². The third-order valence-electron chi connectivity index (χ3n) is 1.36. The number of para-hydroxylation sites is 2. The van der Waals surface area contributed by atoms with Gasteiger partial charge in [-0.1, -0.05) is 12.1 Å². The summed E-state index contributed by atoms with van der Waals surface area (Å²) in [5.74, 6) is 0. The zero-order valence-corrected chi connectivity index (χ0v) is 7.36. The SMILES string of the molecule is Cl.Cl.c1ccc2c(c1)=NCN=2. The maximum absolute atomic E-state index is 4.13. The van der Waals surface area contributed by atoms with Crippen LogP contribution in [0.25, 0.3) is 0 Å². The van der Waals surface area contributed by atoms with E-state index in [1.807, 2.05) is 24.3 Å². The maximum Gasteiger partial charge on any atom is 0.130 e. The van der Waals surface area contributed by atoms with Crippen LogP contribution in [0, 0.1) is 0 Å². The standard InChI is InChI=1S/C7H6N2.2ClH/c1-2-4-7-6(3-1)8-5-9-7;;/h1-4H,5H2;2*1H. The molecule has 0 atom stereocenters. The zero-order chi connectivity index (χ0) is 6.10. The van der Waals surface area contributed by atoms with E-state index in [1.165, 1.54) is 0 Å². The van der Waals surface area contributed by atoms with Crippen molar-refractivity contribution in [3.63, 3.8) is 0 Å². The minimum Gasteiger partial charge on any atom is -0.260 e. The quantitative estimate of drug-likeness (QED) is 0.577. The van der Waals surface area contributed by atoms with Gasteiger partial charge in [0.15, 0.2) is 0 Å². The lowest BCUT2D eigenvalue weighted by Gasteiger charge is -1.76. The molecule has 0 unspecified atom stereocenters. The number of hydrogen-bond donors (Lipinski definition) is 0. The molecule has 0 radical (unpaired) electrons. The highest BCUT2D eigenvalue weighted by molar-refractivity contribution is 5.85. The lowest BCUT2D eigenvalue weighted by Crippen LogP contribution is -2.19. The van der Waals surface area contributed by atoms with E-state index in [0.717, 1.165) is 10.7 Å². The molecule has 0 amide bonds. The Balaban J connectivity index is 0.000000500. The molecule has 11 heavy (non-hydrogen) atoms. The Morgan fingerprint density at radius 2 is 1.36 bits per heavy atom. The Morgan fingerprint density at radius 3 is 1.82 bits per heavy atom. The summed E-state index contributed by atoms with van der Waals surface area (Å²) in [6.07, 6.45) is 0. The first-order chi connectivity index (χ1) is 4.47. The largest absolute Gasteiger partial charge is 0.260 e. The molecule has 0 N–H and O–H groups in total. The smallest absolute Gasteiger partial charge is 0.130 e. The molecule has 60 valence electrons. The molecular weight excluding hydrogens is 183 g/mol. The van der Waals surface area contributed by atoms with E-state index in [4.69, 9.17) is 0 Å². The first-order valence-corrected chi connectivity index (χ1v) is 2.91. The van der Waals surface area contributed by atoms with Crippen molar-refractivity contribution in [1.29, 1.82) is 0 Å². The van der Waals surface area contributed by atoms with Crippen LogP contribution in [0.15, 0.2) is 34.3 Å². The summed E-state index contributed by atoms with van der Waals surface area (Å²) in [5, 5.41) is 2.05. The minimum atomic E-state index is 0. The predicted octanol–water partition coefficient (Wildman–Crippen LogP) is 0.740. The summed E-state index contributed by atoms with van der Waals surface area (Å²) in [5.41, 5.74) is 0. The Kier molecular flexibility index (Phi) is 4.08. The summed E-state index contributed by atoms with van der Waals surface area (Å²) < 4.78 is 0. The van der Waals surface area contributed by atoms with E-state index in [1.54, 1.807) is 0 Å². The zero-order valence-electron chi connectivity index (χ0n) is 5.73. The van der Waals surface area contributed by atoms with Gasteiger partial charge in [-0.2, -0.15) is 0 Å². The van der Waals surface area contributed by atoms with Crippen molar-refractivity contribution < 1.29 is 0 Å². The third kappa shape index (κ3) is 1.91. The topological polar surface area (TPSA) is 24.7 Å². The third-order valence-corrected chi connectivity index (χ3v) is 1.36. The van der Waals surface area contributed by atoms with E-state index in [0.29, 0.717) is 6.67 Å². The molecule has 2 rings (SSSR count). The van der Waals surface area contributed by atoms with Crippen molar-refractivity contribution in [1.82, 2.24) is 0 Å². The van der Waals surface area contributed by atoms with Crippen molar-refractivity contribution in [2.45, 2.75) is 0 Å². The second kappa shape index (κ2) is 4.31. The average molecular weight is 191 g/mol. The highest BCUT2D eigenvalue weighted by Gasteiger charge is 1.90. The second-order valence-corrected chi connectivity index (χ2v) is 1.95. The Morgan fingerprint density at radius 1 is 0.909 bits per heavy atom. The van der Waals surface area contributed by atoms with Gasteiger partial charge in [0.05, 0.1) is 10.7 Å². The summed E-state index contributed by atoms with van der Waals surface area (Å²) in [4.78, 5) is 8.27. The Bertz CT molecular complexity index is 302. The van der Waals surface area contributed by atoms with Gasteiger partial charge in [-0.05, 0) is 12.1 Å². The predicted molar refractivity (Wildman–Crippen MR) is 48.1 cm³/mol. The minimum absolute atomic E-state index is 0. The molecule has 0 spiro atoms. The van der Waals surface area contributed by atoms with Crippen LogP contribution in [-0.4, -0.2) is 6.67 Å². The van der Waals surface area contributed by atoms with Gasteiger partial charge >= 0.3 is 0 Å². The molecule has 0 saturated carbocycles. The van der Waals surface area contributed by atoms with Crippen LogP contribution >= 0.6 is 24.8 Å². The molecule has 0 saturated heterocycles. The van der Waals surface area contributed by atoms with Crippen molar-refractivity contribution in [3.8, 4) is 0 Å². The van der Waals surface area contributed by atoms with Crippen LogP contribution in [-0.2, 0) is 0 Å². The molecule has 1 aromatic carbocycles. The van der Waals surface area contributed by atoms with Crippen LogP contribution in [0.3, 0.4) is 0 Å². The highest BCUT2D eigenvalue weighted by atomic mass is 35.5. The molecule has 0 fully saturated rings. The van der Waals surface area contributed by atoms with Gasteiger partial charge in [0, 0.05) is 0 Å². The van der Waals surface area contributed by atoms with E-state index >= 15 is 0 Å². The first-order valence-electron chi connectivity index (χ1n) is 2.91. The normalized spacial score (nSPS) is 11.3. The van der Waals surface area contributed by atoms with Gasteiger partial charge in [-0.25, -0.2) is 0 Å². The molecule has 4 heteroatoms. The van der Waals surface area contributed by atoms with Gasteiger partial charge < -0.3 is 0 Å². The molecule has 1 aliphatic heterocycles. The number of fused-ring (bicyclic) bond motifs is 1. The monoisotopic (exact) mass is 190 g/mol. The fourth-order valence-corrected chi connectivity index (χ4v) is 0.919. The average Bonchev–Trinajstić information content (AvgIpc) is 2.33. The lowest BCUT2D eigenvalue weighted by atomic mass is 10.3. The van der Waals surface area contributed by atoms with E-state index < -0.39 is 0 Å². The van der Waals surface area contributed by atoms with E-state index in [9.17, 15) is 0 Å². The first kappa shape index (κ1) is 10.4. The number of halogens is 2. The van der Waals surface area contributed by atoms with Gasteiger partial charge in [0.2, 0.25) is 0 Å². The van der Waals surface area contributed by atoms with E-state index in [2.05, 4.69) is 9.98 Å². The highest BCUT2D eigenvalue weighted by Crippen LogP contribution is 1.77.